The number of benzene rings is 1. The lowest BCUT2D eigenvalue weighted by molar-refractivity contribution is -0.138. The minimum absolute atomic E-state index is 0.335. The quantitative estimate of drug-likeness (QED) is 0.845. The highest BCUT2D eigenvalue weighted by molar-refractivity contribution is 5.67. The number of carboxylic acid groups (broad SMARTS) is 1. The van der Waals surface area contributed by atoms with E-state index in [4.69, 9.17) is 5.11 Å². The van der Waals surface area contributed by atoms with Crippen LogP contribution in [0.4, 0.5) is 0 Å². The van der Waals surface area contributed by atoms with Crippen LogP contribution in [0.2, 0.25) is 0 Å². The third kappa shape index (κ3) is 2.26. The summed E-state index contributed by atoms with van der Waals surface area (Å²) >= 11 is 0. The van der Waals surface area contributed by atoms with Crippen molar-refractivity contribution < 1.29 is 9.90 Å². The molecule has 1 saturated carbocycles. The zero-order valence-corrected chi connectivity index (χ0v) is 9.86. The molecule has 0 radical (unpaired) electrons. The van der Waals surface area contributed by atoms with Crippen LogP contribution < -0.4 is 0 Å². The molecule has 0 spiro atoms. The van der Waals surface area contributed by atoms with Gasteiger partial charge in [-0.2, -0.15) is 0 Å². The maximum Gasteiger partial charge on any atom is 0.303 e. The van der Waals surface area contributed by atoms with Crippen molar-refractivity contribution in [2.75, 3.05) is 0 Å². The van der Waals surface area contributed by atoms with Crippen LogP contribution in [0.25, 0.3) is 0 Å². The molecular weight excluding hydrogens is 200 g/mol. The van der Waals surface area contributed by atoms with E-state index < -0.39 is 5.97 Å². The molecule has 1 aliphatic carbocycles. The van der Waals surface area contributed by atoms with Gasteiger partial charge in [0.1, 0.15) is 0 Å². The molecule has 1 fully saturated rings. The van der Waals surface area contributed by atoms with E-state index in [-0.39, 0.29) is 0 Å². The second kappa shape index (κ2) is 4.28. The van der Waals surface area contributed by atoms with Crippen LogP contribution in [-0.2, 0) is 4.79 Å². The Kier molecular flexibility index (Phi) is 2.99. The maximum absolute atomic E-state index is 10.6. The summed E-state index contributed by atoms with van der Waals surface area (Å²) in [7, 11) is 0. The third-order valence-corrected chi connectivity index (χ3v) is 3.57. The van der Waals surface area contributed by atoms with Gasteiger partial charge in [-0.15, -0.1) is 0 Å². The second-order valence-electron chi connectivity index (χ2n) is 4.99. The van der Waals surface area contributed by atoms with Crippen LogP contribution in [-0.4, -0.2) is 11.1 Å². The minimum Gasteiger partial charge on any atom is -0.481 e. The van der Waals surface area contributed by atoms with Crippen molar-refractivity contribution in [3.05, 3.63) is 34.9 Å². The van der Waals surface area contributed by atoms with Crippen LogP contribution in [0.1, 0.15) is 41.9 Å². The molecule has 1 aromatic carbocycles. The molecule has 86 valence electrons. The van der Waals surface area contributed by atoms with E-state index in [2.05, 4.69) is 32.0 Å². The van der Waals surface area contributed by atoms with Crippen molar-refractivity contribution in [1.82, 2.24) is 0 Å². The first-order chi connectivity index (χ1) is 7.56. The Balaban J connectivity index is 2.01. The summed E-state index contributed by atoms with van der Waals surface area (Å²) in [5.41, 5.74) is 4.05. The van der Waals surface area contributed by atoms with Crippen molar-refractivity contribution in [2.45, 2.75) is 39.0 Å². The fourth-order valence-electron chi connectivity index (χ4n) is 2.60. The monoisotopic (exact) mass is 218 g/mol. The van der Waals surface area contributed by atoms with Gasteiger partial charge in [-0.1, -0.05) is 23.8 Å². The van der Waals surface area contributed by atoms with Crippen molar-refractivity contribution in [3.63, 3.8) is 0 Å². The van der Waals surface area contributed by atoms with Gasteiger partial charge >= 0.3 is 5.97 Å². The van der Waals surface area contributed by atoms with E-state index in [9.17, 15) is 4.79 Å². The van der Waals surface area contributed by atoms with E-state index >= 15 is 0 Å². The Morgan fingerprint density at radius 2 is 2.06 bits per heavy atom. The lowest BCUT2D eigenvalue weighted by Gasteiger charge is -2.35. The van der Waals surface area contributed by atoms with Crippen LogP contribution >= 0.6 is 0 Å². The number of carbonyl (C=O) groups is 1. The van der Waals surface area contributed by atoms with Gasteiger partial charge in [0.25, 0.3) is 0 Å². The summed E-state index contributed by atoms with van der Waals surface area (Å²) in [6.07, 6.45) is 2.41. The van der Waals surface area contributed by atoms with Gasteiger partial charge in [0.2, 0.25) is 0 Å². The van der Waals surface area contributed by atoms with Gasteiger partial charge < -0.3 is 5.11 Å². The second-order valence-corrected chi connectivity index (χ2v) is 4.99. The molecule has 1 aromatic rings. The average molecular weight is 218 g/mol. The van der Waals surface area contributed by atoms with Crippen LogP contribution in [0, 0.1) is 19.8 Å². The van der Waals surface area contributed by atoms with Gasteiger partial charge in [-0.3, -0.25) is 4.79 Å². The van der Waals surface area contributed by atoms with Gasteiger partial charge in [-0.05, 0) is 49.7 Å². The highest BCUT2D eigenvalue weighted by Crippen LogP contribution is 2.44. The van der Waals surface area contributed by atoms with Gasteiger partial charge in [0, 0.05) is 6.42 Å². The van der Waals surface area contributed by atoms with Crippen LogP contribution in [0.15, 0.2) is 18.2 Å². The molecule has 0 bridgehead atoms. The average Bonchev–Trinajstić information content (AvgIpc) is 2.15. The number of aliphatic carboxylic acids is 1. The van der Waals surface area contributed by atoms with E-state index in [0.717, 1.165) is 12.8 Å². The van der Waals surface area contributed by atoms with E-state index in [1.54, 1.807) is 0 Å². The van der Waals surface area contributed by atoms with Gasteiger partial charge in [-0.25, -0.2) is 0 Å². The number of rotatable bonds is 3. The fourth-order valence-corrected chi connectivity index (χ4v) is 2.60. The smallest absolute Gasteiger partial charge is 0.303 e. The molecule has 16 heavy (non-hydrogen) atoms. The summed E-state index contributed by atoms with van der Waals surface area (Å²) in [4.78, 5) is 10.6. The summed E-state index contributed by atoms with van der Waals surface area (Å²) in [6, 6.07) is 6.54. The number of hydrogen-bond acceptors (Lipinski definition) is 1. The molecule has 2 rings (SSSR count). The molecule has 0 heterocycles. The lowest BCUT2D eigenvalue weighted by Crippen LogP contribution is -2.24. The van der Waals surface area contributed by atoms with Crippen molar-refractivity contribution in [2.24, 2.45) is 5.92 Å². The largest absolute Gasteiger partial charge is 0.481 e. The first-order valence-electron chi connectivity index (χ1n) is 5.85. The first kappa shape index (κ1) is 11.2. The van der Waals surface area contributed by atoms with Crippen molar-refractivity contribution >= 4 is 5.97 Å². The molecule has 1 N–H and O–H groups in total. The molecular formula is C14H18O2. The van der Waals surface area contributed by atoms with Gasteiger partial charge in [0.05, 0.1) is 0 Å². The first-order valence-corrected chi connectivity index (χ1v) is 5.85. The Morgan fingerprint density at radius 1 is 1.38 bits per heavy atom. The fraction of sp³-hybridized carbons (Fsp3) is 0.500. The van der Waals surface area contributed by atoms with Crippen molar-refractivity contribution in [1.29, 1.82) is 0 Å². The Morgan fingerprint density at radius 3 is 2.69 bits per heavy atom. The van der Waals surface area contributed by atoms with E-state index in [0.29, 0.717) is 18.3 Å². The molecule has 1 aliphatic rings. The standard InChI is InChI=1S/C14H18O2/c1-9-3-4-10(2)13(5-9)12-6-11(7-12)8-14(15)16/h3-5,11-12H,6-8H2,1-2H3,(H,15,16). The summed E-state index contributed by atoms with van der Waals surface area (Å²) in [6.45, 7) is 4.25. The van der Waals surface area contributed by atoms with E-state index in [1.165, 1.54) is 16.7 Å². The highest BCUT2D eigenvalue weighted by atomic mass is 16.4. The Bertz CT molecular complexity index is 403. The number of hydrogen-bond donors (Lipinski definition) is 1. The normalized spacial score (nSPS) is 23.9. The molecule has 0 aliphatic heterocycles. The van der Waals surface area contributed by atoms with Gasteiger partial charge in [0.15, 0.2) is 0 Å². The minimum atomic E-state index is -0.663. The summed E-state index contributed by atoms with van der Waals surface area (Å²) < 4.78 is 0. The number of carboxylic acids is 1. The van der Waals surface area contributed by atoms with E-state index in [1.807, 2.05) is 0 Å². The predicted octanol–water partition coefficient (Wildman–Crippen LogP) is 3.27. The predicted molar refractivity (Wildman–Crippen MR) is 63.6 cm³/mol. The van der Waals surface area contributed by atoms with Crippen LogP contribution in [0.3, 0.4) is 0 Å². The molecule has 0 amide bonds. The van der Waals surface area contributed by atoms with Crippen molar-refractivity contribution in [3.8, 4) is 0 Å². The molecule has 0 saturated heterocycles. The SMILES string of the molecule is Cc1ccc(C)c(C2CC(CC(=O)O)C2)c1. The Hall–Kier alpha value is -1.31. The highest BCUT2D eigenvalue weighted by Gasteiger charge is 2.32. The topological polar surface area (TPSA) is 37.3 Å². The maximum atomic E-state index is 10.6. The zero-order chi connectivity index (χ0) is 11.7. The lowest BCUT2D eigenvalue weighted by atomic mass is 9.69. The Labute approximate surface area is 96.3 Å². The summed E-state index contributed by atoms with van der Waals surface area (Å²) in [5.74, 6) is 0.316. The third-order valence-electron chi connectivity index (χ3n) is 3.57. The molecule has 0 aromatic heterocycles. The summed E-state index contributed by atoms with van der Waals surface area (Å²) in [5, 5.41) is 8.70. The molecule has 2 nitrogen and oxygen atoms in total. The molecule has 0 unspecified atom stereocenters. The molecule has 0 atom stereocenters. The number of aryl methyl sites for hydroxylation is 2. The molecule has 2 heteroatoms. The van der Waals surface area contributed by atoms with Crippen LogP contribution in [0.5, 0.6) is 0 Å². The zero-order valence-electron chi connectivity index (χ0n) is 9.86.